The average molecular weight is 352 g/mol. The first-order valence-electron chi connectivity index (χ1n) is 8.05. The second kappa shape index (κ2) is 7.53. The molecule has 25 heavy (non-hydrogen) atoms. The molecule has 3 aromatic rings. The summed E-state index contributed by atoms with van der Waals surface area (Å²) < 4.78 is 1.88. The van der Waals surface area contributed by atoms with Crippen molar-refractivity contribution in [1.29, 1.82) is 0 Å². The lowest BCUT2D eigenvalue weighted by atomic mass is 10.1. The maximum absolute atomic E-state index is 12.6. The van der Waals surface area contributed by atoms with Crippen LogP contribution in [0.25, 0.3) is 5.69 Å². The van der Waals surface area contributed by atoms with Crippen LogP contribution >= 0.6 is 11.8 Å². The maximum atomic E-state index is 12.6. The number of hydrogen-bond donors (Lipinski definition) is 1. The van der Waals surface area contributed by atoms with Crippen molar-refractivity contribution in [1.82, 2.24) is 14.8 Å². The number of para-hydroxylation sites is 1. The van der Waals surface area contributed by atoms with Crippen molar-refractivity contribution in [3.8, 4) is 5.69 Å². The second-order valence-corrected chi connectivity index (χ2v) is 7.12. The molecule has 0 aliphatic rings. The molecule has 3 rings (SSSR count). The zero-order chi connectivity index (χ0) is 17.8. The van der Waals surface area contributed by atoms with E-state index in [2.05, 4.69) is 15.5 Å². The third-order valence-corrected chi connectivity index (χ3v) is 5.12. The molecule has 0 aliphatic carbocycles. The molecule has 128 valence electrons. The van der Waals surface area contributed by atoms with Gasteiger partial charge in [-0.15, -0.1) is 10.2 Å². The van der Waals surface area contributed by atoms with Crippen LogP contribution in [0.4, 0.5) is 5.69 Å². The monoisotopic (exact) mass is 352 g/mol. The topological polar surface area (TPSA) is 59.8 Å². The van der Waals surface area contributed by atoms with E-state index in [1.54, 1.807) is 6.33 Å². The van der Waals surface area contributed by atoms with E-state index >= 15 is 0 Å². The molecule has 1 aromatic heterocycles. The Balaban J connectivity index is 1.73. The van der Waals surface area contributed by atoms with Gasteiger partial charge in [0.1, 0.15) is 6.33 Å². The number of carbonyl (C=O) groups is 1. The van der Waals surface area contributed by atoms with Gasteiger partial charge < -0.3 is 5.32 Å². The fourth-order valence-corrected chi connectivity index (χ4v) is 3.25. The Hall–Kier alpha value is -2.60. The summed E-state index contributed by atoms with van der Waals surface area (Å²) in [6.45, 7) is 5.91. The van der Waals surface area contributed by atoms with Crippen LogP contribution in [0.15, 0.2) is 60.0 Å². The molecule has 0 aliphatic heterocycles. The van der Waals surface area contributed by atoms with Crippen LogP contribution in [0, 0.1) is 13.8 Å². The van der Waals surface area contributed by atoms with Crippen LogP contribution in [-0.2, 0) is 4.79 Å². The lowest BCUT2D eigenvalue weighted by Gasteiger charge is -2.14. The van der Waals surface area contributed by atoms with E-state index in [0.717, 1.165) is 22.5 Å². The van der Waals surface area contributed by atoms with Crippen molar-refractivity contribution in [3.05, 3.63) is 66.0 Å². The van der Waals surface area contributed by atoms with Crippen LogP contribution < -0.4 is 5.32 Å². The Bertz CT molecular complexity index is 876. The third kappa shape index (κ3) is 3.91. The summed E-state index contributed by atoms with van der Waals surface area (Å²) >= 11 is 1.39. The van der Waals surface area contributed by atoms with Gasteiger partial charge in [-0.25, -0.2) is 0 Å². The predicted octanol–water partition coefficient (Wildman–Crippen LogP) is 4.00. The summed E-state index contributed by atoms with van der Waals surface area (Å²) in [7, 11) is 0. The van der Waals surface area contributed by atoms with Gasteiger partial charge >= 0.3 is 0 Å². The van der Waals surface area contributed by atoms with E-state index in [0.29, 0.717) is 5.16 Å². The van der Waals surface area contributed by atoms with Crippen molar-refractivity contribution < 1.29 is 4.79 Å². The van der Waals surface area contributed by atoms with Gasteiger partial charge in [0.2, 0.25) is 5.91 Å². The fraction of sp³-hybridized carbons (Fsp3) is 0.211. The SMILES string of the molecule is Cc1cccc(NC(=O)C(C)Sc2nncn2-c2ccccc2)c1C. The Morgan fingerprint density at radius 3 is 2.64 bits per heavy atom. The standard InChI is InChI=1S/C19H20N4OS/c1-13-8-7-11-17(14(13)2)21-18(24)15(3)25-19-22-20-12-23(19)16-9-5-4-6-10-16/h4-12,15H,1-3H3,(H,21,24). The summed E-state index contributed by atoms with van der Waals surface area (Å²) in [6, 6.07) is 15.7. The van der Waals surface area contributed by atoms with E-state index in [9.17, 15) is 4.79 Å². The number of hydrogen-bond acceptors (Lipinski definition) is 4. The normalized spacial score (nSPS) is 12.0. The first kappa shape index (κ1) is 17.2. The molecule has 0 bridgehead atoms. The molecule has 1 unspecified atom stereocenters. The summed E-state index contributed by atoms with van der Waals surface area (Å²) in [5, 5.41) is 11.5. The molecule has 1 heterocycles. The zero-order valence-corrected chi connectivity index (χ0v) is 15.2. The molecule has 0 radical (unpaired) electrons. The van der Waals surface area contributed by atoms with E-state index in [1.165, 1.54) is 11.8 Å². The molecule has 0 spiro atoms. The average Bonchev–Trinajstić information content (AvgIpc) is 3.07. The molecule has 1 N–H and O–H groups in total. The molecule has 0 saturated carbocycles. The maximum Gasteiger partial charge on any atom is 0.237 e. The summed E-state index contributed by atoms with van der Waals surface area (Å²) in [4.78, 5) is 12.6. The third-order valence-electron chi connectivity index (χ3n) is 4.06. The number of rotatable bonds is 5. The second-order valence-electron chi connectivity index (χ2n) is 5.82. The Kier molecular flexibility index (Phi) is 5.19. The summed E-state index contributed by atoms with van der Waals surface area (Å²) in [5.41, 5.74) is 4.06. The van der Waals surface area contributed by atoms with Gasteiger partial charge in [0.05, 0.1) is 5.25 Å². The molecule has 2 aromatic carbocycles. The summed E-state index contributed by atoms with van der Waals surface area (Å²) in [5.74, 6) is -0.0543. The van der Waals surface area contributed by atoms with Crippen LogP contribution in [-0.4, -0.2) is 25.9 Å². The Morgan fingerprint density at radius 2 is 1.88 bits per heavy atom. The largest absolute Gasteiger partial charge is 0.325 e. The number of benzene rings is 2. The van der Waals surface area contributed by atoms with Gasteiger partial charge in [-0.1, -0.05) is 42.1 Å². The highest BCUT2D eigenvalue weighted by Gasteiger charge is 2.19. The highest BCUT2D eigenvalue weighted by Crippen LogP contribution is 2.25. The van der Waals surface area contributed by atoms with Crippen LogP contribution in [0.5, 0.6) is 0 Å². The van der Waals surface area contributed by atoms with Crippen molar-refractivity contribution in [2.45, 2.75) is 31.2 Å². The van der Waals surface area contributed by atoms with Gasteiger partial charge in [-0.2, -0.15) is 0 Å². The van der Waals surface area contributed by atoms with Gasteiger partial charge in [0.25, 0.3) is 0 Å². The van der Waals surface area contributed by atoms with E-state index in [-0.39, 0.29) is 11.2 Å². The van der Waals surface area contributed by atoms with E-state index in [4.69, 9.17) is 0 Å². The summed E-state index contributed by atoms with van der Waals surface area (Å²) in [6.07, 6.45) is 1.66. The number of aromatic nitrogens is 3. The highest BCUT2D eigenvalue weighted by atomic mass is 32.2. The molecule has 6 heteroatoms. The van der Waals surface area contributed by atoms with E-state index < -0.39 is 0 Å². The van der Waals surface area contributed by atoms with Crippen LogP contribution in [0.2, 0.25) is 0 Å². The number of nitrogens with one attached hydrogen (secondary N) is 1. The van der Waals surface area contributed by atoms with Crippen molar-refractivity contribution in [3.63, 3.8) is 0 Å². The Labute approximate surface area is 151 Å². The lowest BCUT2D eigenvalue weighted by Crippen LogP contribution is -2.23. The first-order chi connectivity index (χ1) is 12.1. The van der Waals surface area contributed by atoms with Crippen LogP contribution in [0.3, 0.4) is 0 Å². The number of carbonyl (C=O) groups excluding carboxylic acids is 1. The lowest BCUT2D eigenvalue weighted by molar-refractivity contribution is -0.115. The Morgan fingerprint density at radius 1 is 1.12 bits per heavy atom. The highest BCUT2D eigenvalue weighted by molar-refractivity contribution is 8.00. The van der Waals surface area contributed by atoms with E-state index in [1.807, 2.05) is 73.9 Å². The fourth-order valence-electron chi connectivity index (χ4n) is 2.40. The molecule has 0 fully saturated rings. The molecular weight excluding hydrogens is 332 g/mol. The predicted molar refractivity (Wildman–Crippen MR) is 101 cm³/mol. The van der Waals surface area contributed by atoms with Crippen molar-refractivity contribution >= 4 is 23.4 Å². The minimum atomic E-state index is -0.299. The number of thioether (sulfide) groups is 1. The molecular formula is C19H20N4OS. The van der Waals surface area contributed by atoms with Gasteiger partial charge in [0, 0.05) is 11.4 Å². The molecule has 0 saturated heterocycles. The molecule has 1 amide bonds. The first-order valence-corrected chi connectivity index (χ1v) is 8.93. The quantitative estimate of drug-likeness (QED) is 0.705. The number of amides is 1. The molecule has 5 nitrogen and oxygen atoms in total. The van der Waals surface area contributed by atoms with Crippen molar-refractivity contribution in [2.24, 2.45) is 0 Å². The number of anilines is 1. The number of nitrogens with zero attached hydrogens (tertiary/aromatic N) is 3. The van der Waals surface area contributed by atoms with Crippen molar-refractivity contribution in [2.75, 3.05) is 5.32 Å². The van der Waals surface area contributed by atoms with Crippen LogP contribution in [0.1, 0.15) is 18.1 Å². The minimum absolute atomic E-state index is 0.0543. The number of aryl methyl sites for hydroxylation is 1. The van der Waals surface area contributed by atoms with Gasteiger partial charge in [-0.3, -0.25) is 9.36 Å². The minimum Gasteiger partial charge on any atom is -0.325 e. The van der Waals surface area contributed by atoms with Gasteiger partial charge in [0.15, 0.2) is 5.16 Å². The van der Waals surface area contributed by atoms with Gasteiger partial charge in [-0.05, 0) is 50.1 Å². The smallest absolute Gasteiger partial charge is 0.237 e. The zero-order valence-electron chi connectivity index (χ0n) is 14.4. The molecule has 1 atom stereocenters.